The summed E-state index contributed by atoms with van der Waals surface area (Å²) in [5.41, 5.74) is -0.113. The highest BCUT2D eigenvalue weighted by Crippen LogP contribution is 2.23. The van der Waals surface area contributed by atoms with Gasteiger partial charge in [-0.05, 0) is 18.2 Å². The Bertz CT molecular complexity index is 420. The van der Waals surface area contributed by atoms with Crippen LogP contribution in [0.2, 0.25) is 0 Å². The van der Waals surface area contributed by atoms with Crippen molar-refractivity contribution in [2.24, 2.45) is 0 Å². The summed E-state index contributed by atoms with van der Waals surface area (Å²) in [5, 5.41) is 8.47. The van der Waals surface area contributed by atoms with Gasteiger partial charge in [0.2, 0.25) is 0 Å². The molecule has 0 radical (unpaired) electrons. The first-order valence-corrected chi connectivity index (χ1v) is 4.31. The van der Waals surface area contributed by atoms with Crippen molar-refractivity contribution in [3.63, 3.8) is 0 Å². The molecular formula is C10H8F4N2. The average molecular weight is 232 g/mol. The molecule has 0 aliphatic rings. The first-order valence-electron chi connectivity index (χ1n) is 4.31. The number of anilines is 1. The van der Waals surface area contributed by atoms with E-state index < -0.39 is 18.5 Å². The van der Waals surface area contributed by atoms with E-state index in [0.29, 0.717) is 0 Å². The minimum atomic E-state index is -4.39. The van der Waals surface area contributed by atoms with Gasteiger partial charge >= 0.3 is 6.18 Å². The van der Waals surface area contributed by atoms with Crippen molar-refractivity contribution < 1.29 is 17.6 Å². The molecule has 0 aliphatic heterocycles. The van der Waals surface area contributed by atoms with Crippen LogP contribution in [0.1, 0.15) is 5.56 Å². The Hall–Kier alpha value is -1.77. The third kappa shape index (κ3) is 3.12. The quantitative estimate of drug-likeness (QED) is 0.733. The summed E-state index contributed by atoms with van der Waals surface area (Å²) in [4.78, 5) is 0.747. The average Bonchev–Trinajstić information content (AvgIpc) is 2.14. The van der Waals surface area contributed by atoms with Gasteiger partial charge in [0, 0.05) is 7.05 Å². The molecule has 0 aromatic heterocycles. The predicted octanol–water partition coefficient (Wildman–Crippen LogP) is 2.70. The molecule has 1 rings (SSSR count). The van der Waals surface area contributed by atoms with Gasteiger partial charge in [0.1, 0.15) is 12.4 Å². The van der Waals surface area contributed by atoms with Crippen molar-refractivity contribution in [1.29, 1.82) is 5.26 Å². The zero-order chi connectivity index (χ0) is 12.3. The number of benzene rings is 1. The second kappa shape index (κ2) is 4.39. The summed E-state index contributed by atoms with van der Waals surface area (Å²) >= 11 is 0. The Morgan fingerprint density at radius 1 is 1.38 bits per heavy atom. The third-order valence-electron chi connectivity index (χ3n) is 1.90. The highest BCUT2D eigenvalue weighted by atomic mass is 19.4. The fourth-order valence-electron chi connectivity index (χ4n) is 1.24. The van der Waals surface area contributed by atoms with E-state index in [1.165, 1.54) is 6.07 Å². The maximum absolute atomic E-state index is 13.3. The Kier molecular flexibility index (Phi) is 3.38. The van der Waals surface area contributed by atoms with Crippen molar-refractivity contribution in [2.45, 2.75) is 6.18 Å². The summed E-state index contributed by atoms with van der Waals surface area (Å²) in [6.07, 6.45) is -4.39. The van der Waals surface area contributed by atoms with Gasteiger partial charge in [-0.3, -0.25) is 0 Å². The molecule has 0 atom stereocenters. The third-order valence-corrected chi connectivity index (χ3v) is 1.90. The van der Waals surface area contributed by atoms with Crippen LogP contribution < -0.4 is 4.90 Å². The van der Waals surface area contributed by atoms with E-state index in [0.717, 1.165) is 24.1 Å². The first kappa shape index (κ1) is 12.3. The van der Waals surface area contributed by atoms with Crippen LogP contribution in [0.25, 0.3) is 0 Å². The van der Waals surface area contributed by atoms with Gasteiger partial charge in [-0.1, -0.05) is 0 Å². The summed E-state index contributed by atoms with van der Waals surface area (Å²) in [7, 11) is 1.14. The van der Waals surface area contributed by atoms with E-state index in [1.807, 2.05) is 0 Å². The molecule has 0 bridgehead atoms. The Morgan fingerprint density at radius 3 is 2.44 bits per heavy atom. The maximum atomic E-state index is 13.3. The molecule has 2 nitrogen and oxygen atoms in total. The molecular weight excluding hydrogens is 224 g/mol. The Labute approximate surface area is 89.7 Å². The fraction of sp³-hybridized carbons (Fsp3) is 0.300. The van der Waals surface area contributed by atoms with Crippen LogP contribution in [0.15, 0.2) is 18.2 Å². The van der Waals surface area contributed by atoms with Crippen molar-refractivity contribution >= 4 is 5.69 Å². The van der Waals surface area contributed by atoms with Crippen molar-refractivity contribution in [3.8, 4) is 6.07 Å². The summed E-state index contributed by atoms with van der Waals surface area (Å²) in [6.45, 7) is -1.24. The molecule has 6 heteroatoms. The highest BCUT2D eigenvalue weighted by Gasteiger charge is 2.30. The smallest absolute Gasteiger partial charge is 0.363 e. The highest BCUT2D eigenvalue weighted by molar-refractivity contribution is 5.50. The maximum Gasteiger partial charge on any atom is 0.405 e. The van der Waals surface area contributed by atoms with E-state index in [2.05, 4.69) is 0 Å². The molecule has 1 aromatic carbocycles. The lowest BCUT2D eigenvalue weighted by Crippen LogP contribution is -2.31. The van der Waals surface area contributed by atoms with E-state index in [-0.39, 0.29) is 11.3 Å². The minimum Gasteiger partial charge on any atom is -0.363 e. The van der Waals surface area contributed by atoms with Gasteiger partial charge in [-0.2, -0.15) is 18.4 Å². The van der Waals surface area contributed by atoms with Crippen LogP contribution in [0.3, 0.4) is 0 Å². The van der Waals surface area contributed by atoms with Crippen LogP contribution in [0.5, 0.6) is 0 Å². The molecule has 0 spiro atoms. The SMILES string of the molecule is CN(CC(F)(F)F)c1ccc(C#N)cc1F. The number of alkyl halides is 3. The van der Waals surface area contributed by atoms with Crippen molar-refractivity contribution in [3.05, 3.63) is 29.6 Å². The van der Waals surface area contributed by atoms with Crippen LogP contribution in [0, 0.1) is 17.1 Å². The molecule has 0 unspecified atom stereocenters. The van der Waals surface area contributed by atoms with Gasteiger partial charge in [0.25, 0.3) is 0 Å². The topological polar surface area (TPSA) is 27.0 Å². The molecule has 1 aromatic rings. The summed E-state index contributed by atoms with van der Waals surface area (Å²) < 4.78 is 49.5. The molecule has 0 fully saturated rings. The molecule has 0 aliphatic carbocycles. The lowest BCUT2D eigenvalue weighted by Gasteiger charge is -2.21. The number of halogens is 4. The van der Waals surface area contributed by atoms with Crippen molar-refractivity contribution in [2.75, 3.05) is 18.5 Å². The van der Waals surface area contributed by atoms with Gasteiger partial charge < -0.3 is 4.90 Å². The zero-order valence-electron chi connectivity index (χ0n) is 8.35. The Balaban J connectivity index is 2.93. The number of hydrogen-bond acceptors (Lipinski definition) is 2. The fourth-order valence-corrected chi connectivity index (χ4v) is 1.24. The monoisotopic (exact) mass is 232 g/mol. The summed E-state index contributed by atoms with van der Waals surface area (Å²) in [5.74, 6) is -0.842. The van der Waals surface area contributed by atoms with Crippen LogP contribution in [-0.2, 0) is 0 Å². The van der Waals surface area contributed by atoms with Crippen LogP contribution in [-0.4, -0.2) is 19.8 Å². The lowest BCUT2D eigenvalue weighted by atomic mass is 10.2. The summed E-state index contributed by atoms with van der Waals surface area (Å²) in [6, 6.07) is 5.03. The first-order chi connectivity index (χ1) is 7.33. The molecule has 0 saturated heterocycles. The Morgan fingerprint density at radius 2 is 2.00 bits per heavy atom. The minimum absolute atomic E-state index is 0.0710. The number of hydrogen-bond donors (Lipinski definition) is 0. The molecule has 16 heavy (non-hydrogen) atoms. The standard InChI is InChI=1S/C10H8F4N2/c1-16(6-10(12,13)14)9-3-2-7(5-15)4-8(9)11/h2-4H,6H2,1H3. The molecule has 86 valence electrons. The van der Waals surface area contributed by atoms with Gasteiger partial charge in [0.05, 0.1) is 17.3 Å². The second-order valence-electron chi connectivity index (χ2n) is 3.25. The van der Waals surface area contributed by atoms with E-state index in [1.54, 1.807) is 6.07 Å². The van der Waals surface area contributed by atoms with Crippen LogP contribution >= 0.6 is 0 Å². The second-order valence-corrected chi connectivity index (χ2v) is 3.25. The lowest BCUT2D eigenvalue weighted by molar-refractivity contribution is -0.119. The molecule has 0 amide bonds. The normalized spacial score (nSPS) is 11.0. The van der Waals surface area contributed by atoms with Crippen LogP contribution in [0.4, 0.5) is 23.2 Å². The van der Waals surface area contributed by atoms with E-state index in [4.69, 9.17) is 5.26 Å². The molecule has 0 saturated carbocycles. The van der Waals surface area contributed by atoms with Gasteiger partial charge in [0.15, 0.2) is 0 Å². The number of nitrogens with zero attached hydrogens (tertiary/aromatic N) is 2. The van der Waals surface area contributed by atoms with E-state index >= 15 is 0 Å². The van der Waals surface area contributed by atoms with Gasteiger partial charge in [-0.15, -0.1) is 0 Å². The number of rotatable bonds is 2. The number of nitriles is 1. The van der Waals surface area contributed by atoms with E-state index in [9.17, 15) is 17.6 Å². The largest absolute Gasteiger partial charge is 0.405 e. The zero-order valence-corrected chi connectivity index (χ0v) is 8.35. The van der Waals surface area contributed by atoms with Crippen molar-refractivity contribution in [1.82, 2.24) is 0 Å². The van der Waals surface area contributed by atoms with Gasteiger partial charge in [-0.25, -0.2) is 4.39 Å². The molecule has 0 N–H and O–H groups in total. The molecule has 0 heterocycles. The predicted molar refractivity (Wildman–Crippen MR) is 50.4 cm³/mol.